The fourth-order valence-corrected chi connectivity index (χ4v) is 4.68. The van der Waals surface area contributed by atoms with E-state index in [0.717, 1.165) is 24.1 Å². The van der Waals surface area contributed by atoms with Gasteiger partial charge >= 0.3 is 0 Å². The number of allylic oxidation sites excluding steroid dienone is 2. The lowest BCUT2D eigenvalue weighted by Crippen LogP contribution is -2.27. The third-order valence-electron chi connectivity index (χ3n) is 4.31. The van der Waals surface area contributed by atoms with Gasteiger partial charge < -0.3 is 0 Å². The van der Waals surface area contributed by atoms with Gasteiger partial charge in [-0.05, 0) is 37.8 Å². The maximum Gasteiger partial charge on any atom is 0.264 e. The summed E-state index contributed by atoms with van der Waals surface area (Å²) in [6.07, 6.45) is 4.06. The molecule has 1 saturated heterocycles. The molecule has 0 radical (unpaired) electrons. The number of nitrogens with zero attached hydrogens (tertiary/aromatic N) is 1. The van der Waals surface area contributed by atoms with Crippen LogP contribution >= 0.6 is 0 Å². The molecule has 0 spiro atoms. The van der Waals surface area contributed by atoms with Crippen molar-refractivity contribution >= 4 is 10.0 Å². The van der Waals surface area contributed by atoms with Crippen LogP contribution in [0.2, 0.25) is 0 Å². The molecule has 102 valence electrons. The first-order valence-corrected chi connectivity index (χ1v) is 8.23. The molecule has 0 amide bonds. The Morgan fingerprint density at radius 3 is 2.58 bits per heavy atom. The summed E-state index contributed by atoms with van der Waals surface area (Å²) in [5.74, 6) is 1.01. The van der Waals surface area contributed by atoms with E-state index in [0.29, 0.717) is 23.3 Å². The van der Waals surface area contributed by atoms with Gasteiger partial charge in [0.05, 0.1) is 4.90 Å². The van der Waals surface area contributed by atoms with E-state index >= 15 is 0 Å². The molecule has 0 N–H and O–H groups in total. The number of hydrogen-bond acceptors (Lipinski definition) is 2. The summed E-state index contributed by atoms with van der Waals surface area (Å²) in [6, 6.07) is 7.12. The first-order chi connectivity index (χ1) is 9.00. The summed E-state index contributed by atoms with van der Waals surface area (Å²) in [5.41, 5.74) is 2.10. The van der Waals surface area contributed by atoms with E-state index in [1.807, 2.05) is 19.1 Å². The third-order valence-corrected chi connectivity index (χ3v) is 6.15. The lowest BCUT2D eigenvalue weighted by Gasteiger charge is -2.20. The zero-order valence-electron chi connectivity index (χ0n) is 11.3. The highest BCUT2D eigenvalue weighted by Gasteiger charge is 2.40. The molecule has 2 atom stereocenters. The summed E-state index contributed by atoms with van der Waals surface area (Å²) in [6.45, 7) is 4.79. The largest absolute Gasteiger partial charge is 0.270 e. The Kier molecular flexibility index (Phi) is 2.93. The molecule has 1 fully saturated rings. The van der Waals surface area contributed by atoms with E-state index in [1.54, 1.807) is 16.4 Å². The molecule has 1 aliphatic carbocycles. The highest BCUT2D eigenvalue weighted by atomic mass is 32.2. The van der Waals surface area contributed by atoms with Crippen molar-refractivity contribution in [2.75, 3.05) is 6.54 Å². The summed E-state index contributed by atoms with van der Waals surface area (Å²) < 4.78 is 27.0. The van der Waals surface area contributed by atoms with Gasteiger partial charge in [0.2, 0.25) is 0 Å². The van der Waals surface area contributed by atoms with Gasteiger partial charge in [-0.15, -0.1) is 0 Å². The maximum atomic E-state index is 12.7. The van der Waals surface area contributed by atoms with Gasteiger partial charge in [0.15, 0.2) is 0 Å². The first kappa shape index (κ1) is 12.7. The molecule has 19 heavy (non-hydrogen) atoms. The zero-order valence-corrected chi connectivity index (χ0v) is 12.2. The molecule has 3 rings (SSSR count). The average Bonchev–Trinajstić information content (AvgIpc) is 2.93. The van der Waals surface area contributed by atoms with Crippen LogP contribution in [0.3, 0.4) is 0 Å². The Morgan fingerprint density at radius 2 is 1.89 bits per heavy atom. The second-order valence-electron chi connectivity index (χ2n) is 5.63. The predicted octanol–water partition coefficient (Wildman–Crippen LogP) is 2.93. The topological polar surface area (TPSA) is 37.4 Å². The third kappa shape index (κ3) is 1.98. The van der Waals surface area contributed by atoms with E-state index in [4.69, 9.17) is 0 Å². The van der Waals surface area contributed by atoms with Crippen molar-refractivity contribution in [3.05, 3.63) is 41.6 Å². The maximum absolute atomic E-state index is 12.7. The predicted molar refractivity (Wildman–Crippen MR) is 75.0 cm³/mol. The highest BCUT2D eigenvalue weighted by Crippen LogP contribution is 2.43. The number of aryl methyl sites for hydroxylation is 1. The van der Waals surface area contributed by atoms with Crippen LogP contribution in [0.5, 0.6) is 0 Å². The SMILES string of the molecule is Cc1ccc(S(=O)(=O)N2CC[C@@H]3C2=CC[C@@H]3C)cc1. The van der Waals surface area contributed by atoms with Gasteiger partial charge in [-0.2, -0.15) is 0 Å². The summed E-state index contributed by atoms with van der Waals surface area (Å²) in [5, 5.41) is 0. The lowest BCUT2D eigenvalue weighted by atomic mass is 9.95. The molecule has 0 aromatic heterocycles. The van der Waals surface area contributed by atoms with Crippen molar-refractivity contribution in [2.24, 2.45) is 11.8 Å². The minimum atomic E-state index is -3.37. The van der Waals surface area contributed by atoms with Gasteiger partial charge in [0, 0.05) is 18.2 Å². The van der Waals surface area contributed by atoms with E-state index < -0.39 is 10.0 Å². The fourth-order valence-electron chi connectivity index (χ4n) is 3.11. The second kappa shape index (κ2) is 4.37. The molecular formula is C15H19NO2S. The lowest BCUT2D eigenvalue weighted by molar-refractivity contribution is 0.455. The zero-order chi connectivity index (χ0) is 13.6. The number of hydrogen-bond donors (Lipinski definition) is 0. The van der Waals surface area contributed by atoms with Gasteiger partial charge in [-0.25, -0.2) is 8.42 Å². The monoisotopic (exact) mass is 277 g/mol. The van der Waals surface area contributed by atoms with Crippen LogP contribution in [-0.2, 0) is 10.0 Å². The van der Waals surface area contributed by atoms with Crippen molar-refractivity contribution in [1.29, 1.82) is 0 Å². The smallest absolute Gasteiger partial charge is 0.264 e. The van der Waals surface area contributed by atoms with E-state index in [2.05, 4.69) is 13.0 Å². The minimum absolute atomic E-state index is 0.402. The Hall–Kier alpha value is -1.29. The Bertz CT molecular complexity index is 616. The summed E-state index contributed by atoms with van der Waals surface area (Å²) in [7, 11) is -3.37. The molecule has 1 heterocycles. The number of rotatable bonds is 2. The van der Waals surface area contributed by atoms with Gasteiger partial charge in [0.1, 0.15) is 0 Å². The van der Waals surface area contributed by atoms with Crippen LogP contribution in [0.1, 0.15) is 25.3 Å². The first-order valence-electron chi connectivity index (χ1n) is 6.79. The molecule has 2 aliphatic rings. The van der Waals surface area contributed by atoms with Crippen LogP contribution in [-0.4, -0.2) is 19.3 Å². The van der Waals surface area contributed by atoms with Gasteiger partial charge in [-0.3, -0.25) is 4.31 Å². The quantitative estimate of drug-likeness (QED) is 0.833. The number of fused-ring (bicyclic) bond motifs is 1. The Labute approximate surface area is 115 Å². The van der Waals surface area contributed by atoms with Crippen molar-refractivity contribution in [3.63, 3.8) is 0 Å². The van der Waals surface area contributed by atoms with Crippen LogP contribution in [0.25, 0.3) is 0 Å². The Balaban J connectivity index is 1.96. The second-order valence-corrected chi connectivity index (χ2v) is 7.49. The molecular weight excluding hydrogens is 258 g/mol. The molecule has 1 aromatic rings. The van der Waals surface area contributed by atoms with Crippen LogP contribution in [0, 0.1) is 18.8 Å². The van der Waals surface area contributed by atoms with Crippen LogP contribution in [0.4, 0.5) is 0 Å². The van der Waals surface area contributed by atoms with Gasteiger partial charge in [0.25, 0.3) is 10.0 Å². The fraction of sp³-hybridized carbons (Fsp3) is 0.467. The molecule has 3 nitrogen and oxygen atoms in total. The standard InChI is InChI=1S/C15H19NO2S/c1-11-3-6-13(7-4-11)19(17,18)16-10-9-14-12(2)5-8-15(14)16/h3-4,6-8,12,14H,5,9-10H2,1-2H3/t12-,14-/m0/s1. The van der Waals surface area contributed by atoms with Crippen LogP contribution in [0.15, 0.2) is 40.9 Å². The normalized spacial score (nSPS) is 26.4. The Morgan fingerprint density at radius 1 is 1.21 bits per heavy atom. The molecule has 0 saturated carbocycles. The van der Waals surface area contributed by atoms with Crippen molar-refractivity contribution < 1.29 is 8.42 Å². The van der Waals surface area contributed by atoms with Crippen LogP contribution < -0.4 is 0 Å². The van der Waals surface area contributed by atoms with E-state index in [9.17, 15) is 8.42 Å². The van der Waals surface area contributed by atoms with Gasteiger partial charge in [-0.1, -0.05) is 30.7 Å². The van der Waals surface area contributed by atoms with Crippen molar-refractivity contribution in [2.45, 2.75) is 31.6 Å². The molecule has 0 unspecified atom stereocenters. The highest BCUT2D eigenvalue weighted by molar-refractivity contribution is 7.89. The van der Waals surface area contributed by atoms with E-state index in [1.165, 1.54) is 0 Å². The molecule has 1 aliphatic heterocycles. The minimum Gasteiger partial charge on any atom is -0.270 e. The molecule has 0 bridgehead atoms. The summed E-state index contributed by atoms with van der Waals surface area (Å²) >= 11 is 0. The summed E-state index contributed by atoms with van der Waals surface area (Å²) in [4.78, 5) is 0.402. The van der Waals surface area contributed by atoms with Crippen molar-refractivity contribution in [3.8, 4) is 0 Å². The van der Waals surface area contributed by atoms with E-state index in [-0.39, 0.29) is 0 Å². The number of sulfonamides is 1. The number of benzene rings is 1. The van der Waals surface area contributed by atoms with Crippen molar-refractivity contribution in [1.82, 2.24) is 4.31 Å². The molecule has 1 aromatic carbocycles. The average molecular weight is 277 g/mol. The molecule has 4 heteroatoms.